The standard InChI is InChI=1S/C23H28F3N3O4S/c1-2-29(31)21(30)22(12-14-27-15-13-22)34(32,33)19-8-6-18(7-9-19)20-10-5-17(16-28-20)4-3-11-23(24,25)26/h5-10,16,27,31H,2-4,11-15H2,1H3. The van der Waals surface area contributed by atoms with Gasteiger partial charge in [0.25, 0.3) is 5.91 Å². The summed E-state index contributed by atoms with van der Waals surface area (Å²) in [5.41, 5.74) is 1.86. The van der Waals surface area contributed by atoms with Crippen molar-refractivity contribution in [3.05, 3.63) is 48.2 Å². The first-order valence-corrected chi connectivity index (χ1v) is 12.6. The zero-order valence-corrected chi connectivity index (χ0v) is 19.6. The summed E-state index contributed by atoms with van der Waals surface area (Å²) in [5.74, 6) is -0.830. The highest BCUT2D eigenvalue weighted by Gasteiger charge is 2.53. The number of aromatic nitrogens is 1. The van der Waals surface area contributed by atoms with Crippen molar-refractivity contribution in [1.82, 2.24) is 15.4 Å². The maximum absolute atomic E-state index is 13.6. The number of carbonyl (C=O) groups excluding carboxylic acids is 1. The lowest BCUT2D eigenvalue weighted by atomic mass is 9.95. The third kappa shape index (κ3) is 5.59. The van der Waals surface area contributed by atoms with Gasteiger partial charge in [-0.05, 0) is 69.5 Å². The zero-order chi connectivity index (χ0) is 25.0. The van der Waals surface area contributed by atoms with Crippen molar-refractivity contribution in [2.45, 2.75) is 54.8 Å². The number of hydroxylamine groups is 2. The number of hydrogen-bond donors (Lipinski definition) is 2. The van der Waals surface area contributed by atoms with E-state index in [0.717, 1.165) is 0 Å². The number of nitrogens with one attached hydrogen (secondary N) is 1. The van der Waals surface area contributed by atoms with Gasteiger partial charge in [0, 0.05) is 24.7 Å². The van der Waals surface area contributed by atoms with Gasteiger partial charge in [-0.15, -0.1) is 0 Å². The van der Waals surface area contributed by atoms with Crippen molar-refractivity contribution >= 4 is 15.7 Å². The molecule has 1 aromatic heterocycles. The highest BCUT2D eigenvalue weighted by Crippen LogP contribution is 2.36. The van der Waals surface area contributed by atoms with Crippen LogP contribution in [0.15, 0.2) is 47.5 Å². The smallest absolute Gasteiger partial charge is 0.317 e. The van der Waals surface area contributed by atoms with Crippen LogP contribution in [0.5, 0.6) is 0 Å². The largest absolute Gasteiger partial charge is 0.389 e. The first kappa shape index (κ1) is 26.1. The van der Waals surface area contributed by atoms with Gasteiger partial charge in [-0.25, -0.2) is 13.5 Å². The number of aryl methyl sites for hydroxylation is 1. The van der Waals surface area contributed by atoms with Crippen LogP contribution in [-0.2, 0) is 21.1 Å². The van der Waals surface area contributed by atoms with E-state index in [1.807, 2.05) is 0 Å². The molecule has 0 atom stereocenters. The molecule has 0 aliphatic carbocycles. The van der Waals surface area contributed by atoms with Crippen LogP contribution in [0, 0.1) is 0 Å². The van der Waals surface area contributed by atoms with E-state index >= 15 is 0 Å². The Morgan fingerprint density at radius 3 is 2.32 bits per heavy atom. The Hall–Kier alpha value is -2.50. The molecule has 1 fully saturated rings. The summed E-state index contributed by atoms with van der Waals surface area (Å²) >= 11 is 0. The van der Waals surface area contributed by atoms with Crippen molar-refractivity contribution < 1.29 is 31.6 Å². The molecule has 186 valence electrons. The highest BCUT2D eigenvalue weighted by molar-refractivity contribution is 7.93. The first-order valence-electron chi connectivity index (χ1n) is 11.1. The quantitative estimate of drug-likeness (QED) is 0.424. The third-order valence-electron chi connectivity index (χ3n) is 6.06. The molecule has 0 bridgehead atoms. The SMILES string of the molecule is CCN(O)C(=O)C1(S(=O)(=O)c2ccc(-c3ccc(CCCC(F)(F)F)cn3)cc2)CCNCC1. The molecule has 34 heavy (non-hydrogen) atoms. The molecule has 1 aliphatic rings. The molecular weight excluding hydrogens is 471 g/mol. The molecule has 2 heterocycles. The molecule has 0 radical (unpaired) electrons. The second-order valence-corrected chi connectivity index (χ2v) is 10.6. The average Bonchev–Trinajstić information content (AvgIpc) is 2.83. The lowest BCUT2D eigenvalue weighted by molar-refractivity contribution is -0.168. The number of benzene rings is 1. The number of halogens is 3. The van der Waals surface area contributed by atoms with Crippen LogP contribution < -0.4 is 5.32 Å². The number of alkyl halides is 3. The van der Waals surface area contributed by atoms with E-state index in [4.69, 9.17) is 0 Å². The molecule has 3 rings (SSSR count). The van der Waals surface area contributed by atoms with Crippen molar-refractivity contribution in [2.24, 2.45) is 0 Å². The number of amides is 1. The van der Waals surface area contributed by atoms with Gasteiger partial charge in [0.15, 0.2) is 14.6 Å². The summed E-state index contributed by atoms with van der Waals surface area (Å²) in [6, 6.07) is 9.35. The van der Waals surface area contributed by atoms with Gasteiger partial charge in [-0.2, -0.15) is 13.2 Å². The number of rotatable bonds is 8. The summed E-state index contributed by atoms with van der Waals surface area (Å²) < 4.78 is 62.3. The summed E-state index contributed by atoms with van der Waals surface area (Å²) in [7, 11) is -4.11. The van der Waals surface area contributed by atoms with Crippen LogP contribution in [0.3, 0.4) is 0 Å². The van der Waals surface area contributed by atoms with Gasteiger partial charge in [0.1, 0.15) is 0 Å². The zero-order valence-electron chi connectivity index (χ0n) is 18.8. The lowest BCUT2D eigenvalue weighted by Crippen LogP contribution is -2.57. The maximum atomic E-state index is 13.6. The Morgan fingerprint density at radius 1 is 1.15 bits per heavy atom. The summed E-state index contributed by atoms with van der Waals surface area (Å²) in [6.07, 6.45) is -3.19. The van der Waals surface area contributed by atoms with Crippen molar-refractivity contribution in [3.63, 3.8) is 0 Å². The molecule has 1 aromatic carbocycles. The minimum Gasteiger partial charge on any atom is -0.317 e. The molecule has 2 aromatic rings. The normalized spacial score (nSPS) is 16.3. The monoisotopic (exact) mass is 499 g/mol. The van der Waals surface area contributed by atoms with Crippen molar-refractivity contribution in [2.75, 3.05) is 19.6 Å². The number of piperidine rings is 1. The van der Waals surface area contributed by atoms with Gasteiger partial charge in [-0.1, -0.05) is 18.2 Å². The van der Waals surface area contributed by atoms with E-state index in [1.165, 1.54) is 18.3 Å². The van der Waals surface area contributed by atoms with Gasteiger partial charge in [-0.3, -0.25) is 15.0 Å². The molecule has 0 saturated carbocycles. The highest BCUT2D eigenvalue weighted by atomic mass is 32.2. The predicted molar refractivity (Wildman–Crippen MR) is 120 cm³/mol. The van der Waals surface area contributed by atoms with Crippen molar-refractivity contribution in [3.8, 4) is 11.3 Å². The van der Waals surface area contributed by atoms with Gasteiger partial charge in [0.2, 0.25) is 0 Å². The van der Waals surface area contributed by atoms with E-state index in [1.54, 1.807) is 31.2 Å². The summed E-state index contributed by atoms with van der Waals surface area (Å²) in [5, 5.41) is 13.5. The van der Waals surface area contributed by atoms with Crippen LogP contribution in [-0.4, -0.2) is 60.1 Å². The molecule has 0 spiro atoms. The van der Waals surface area contributed by atoms with Crippen LogP contribution in [0.25, 0.3) is 11.3 Å². The molecule has 7 nitrogen and oxygen atoms in total. The number of carbonyl (C=O) groups is 1. The number of sulfone groups is 1. The second-order valence-electron chi connectivity index (χ2n) is 8.31. The van der Waals surface area contributed by atoms with Crippen LogP contribution in [0.1, 0.15) is 38.2 Å². The summed E-state index contributed by atoms with van der Waals surface area (Å²) in [6.45, 7) is 2.20. The van der Waals surface area contributed by atoms with Crippen LogP contribution in [0.2, 0.25) is 0 Å². The molecule has 1 amide bonds. The number of pyridine rings is 1. The van der Waals surface area contributed by atoms with E-state index in [-0.39, 0.29) is 37.1 Å². The Kier molecular flexibility index (Phi) is 7.99. The van der Waals surface area contributed by atoms with Gasteiger partial charge < -0.3 is 5.32 Å². The van der Waals surface area contributed by atoms with Crippen molar-refractivity contribution in [1.29, 1.82) is 0 Å². The Labute approximate surface area is 196 Å². The Bertz CT molecular complexity index is 1080. The first-order chi connectivity index (χ1) is 16.0. The molecule has 1 aliphatic heterocycles. The maximum Gasteiger partial charge on any atom is 0.389 e. The average molecular weight is 500 g/mol. The van der Waals surface area contributed by atoms with Crippen LogP contribution >= 0.6 is 0 Å². The lowest BCUT2D eigenvalue weighted by Gasteiger charge is -2.37. The fourth-order valence-corrected chi connectivity index (χ4v) is 6.10. The predicted octanol–water partition coefficient (Wildman–Crippen LogP) is 3.77. The minimum absolute atomic E-state index is 0.0175. The fraction of sp³-hybridized carbons (Fsp3) is 0.478. The molecule has 0 unspecified atom stereocenters. The van der Waals surface area contributed by atoms with E-state index < -0.39 is 33.1 Å². The van der Waals surface area contributed by atoms with E-state index in [9.17, 15) is 31.6 Å². The van der Waals surface area contributed by atoms with E-state index in [2.05, 4.69) is 10.3 Å². The molecular formula is C23H28F3N3O4S. The second kappa shape index (κ2) is 10.4. The number of hydrogen-bond acceptors (Lipinski definition) is 6. The minimum atomic E-state index is -4.18. The Balaban J connectivity index is 1.80. The Morgan fingerprint density at radius 2 is 1.79 bits per heavy atom. The molecule has 11 heteroatoms. The summed E-state index contributed by atoms with van der Waals surface area (Å²) in [4.78, 5) is 17.2. The number of nitrogens with zero attached hydrogens (tertiary/aromatic N) is 2. The topological polar surface area (TPSA) is 99.6 Å². The molecule has 2 N–H and O–H groups in total. The van der Waals surface area contributed by atoms with Crippen LogP contribution in [0.4, 0.5) is 13.2 Å². The fourth-order valence-electron chi connectivity index (χ4n) is 4.07. The van der Waals surface area contributed by atoms with Gasteiger partial charge >= 0.3 is 6.18 Å². The third-order valence-corrected chi connectivity index (χ3v) is 8.56. The molecule has 1 saturated heterocycles. The van der Waals surface area contributed by atoms with Gasteiger partial charge in [0.05, 0.1) is 10.6 Å². The van der Waals surface area contributed by atoms with E-state index in [0.29, 0.717) is 35.0 Å².